The Kier molecular flexibility index (Phi) is 2.97. The molecule has 4 N–H and O–H groups in total. The first-order chi connectivity index (χ1) is 9.25. The molecule has 98 valence electrons. The van der Waals surface area contributed by atoms with Gasteiger partial charge in [0.15, 0.2) is 17.6 Å². The van der Waals surface area contributed by atoms with Crippen LogP contribution in [-0.2, 0) is 0 Å². The fraction of sp³-hybridized carbons (Fsp3) is 0.214. The molecule has 0 aliphatic carbocycles. The number of aromatic nitrogens is 1. The molecule has 2 unspecified atom stereocenters. The second-order valence-electron chi connectivity index (χ2n) is 4.44. The van der Waals surface area contributed by atoms with E-state index in [9.17, 15) is 0 Å². The maximum atomic E-state index is 6.20. The van der Waals surface area contributed by atoms with Crippen molar-refractivity contribution in [2.75, 3.05) is 12.3 Å². The average Bonchev–Trinajstić information content (AvgIpc) is 2.46. The summed E-state index contributed by atoms with van der Waals surface area (Å²) in [6.07, 6.45) is 3.03. The first kappa shape index (κ1) is 11.8. The fourth-order valence-corrected chi connectivity index (χ4v) is 2.11. The number of pyridine rings is 1. The van der Waals surface area contributed by atoms with Crippen molar-refractivity contribution in [1.29, 1.82) is 0 Å². The summed E-state index contributed by atoms with van der Waals surface area (Å²) in [4.78, 5) is 4.05. The van der Waals surface area contributed by atoms with Crippen molar-refractivity contribution in [2.24, 2.45) is 5.73 Å². The number of rotatable bonds is 2. The monoisotopic (exact) mass is 257 g/mol. The number of anilines is 1. The standard InChI is InChI=1S/C14H15N3O2/c15-10-5-6-17-7-9(10)14(16)13-8-18-11-3-1-2-4-12(11)19-13/h1-7,13-14H,8,16H2,(H2,15,17). The van der Waals surface area contributed by atoms with Crippen LogP contribution in [0.25, 0.3) is 0 Å². The molecule has 2 heterocycles. The summed E-state index contributed by atoms with van der Waals surface area (Å²) in [7, 11) is 0. The smallest absolute Gasteiger partial charge is 0.161 e. The molecule has 1 aliphatic rings. The van der Waals surface area contributed by atoms with Crippen LogP contribution < -0.4 is 20.9 Å². The van der Waals surface area contributed by atoms with E-state index in [4.69, 9.17) is 20.9 Å². The zero-order chi connectivity index (χ0) is 13.2. The predicted molar refractivity (Wildman–Crippen MR) is 71.9 cm³/mol. The van der Waals surface area contributed by atoms with Crippen LogP contribution in [0.2, 0.25) is 0 Å². The Hall–Kier alpha value is -2.27. The third-order valence-corrected chi connectivity index (χ3v) is 3.18. The first-order valence-corrected chi connectivity index (χ1v) is 6.09. The highest BCUT2D eigenvalue weighted by molar-refractivity contribution is 5.47. The van der Waals surface area contributed by atoms with E-state index in [1.54, 1.807) is 18.5 Å². The van der Waals surface area contributed by atoms with Crippen LogP contribution in [0.1, 0.15) is 11.6 Å². The van der Waals surface area contributed by atoms with Crippen LogP contribution in [-0.4, -0.2) is 17.7 Å². The zero-order valence-corrected chi connectivity index (χ0v) is 10.3. The van der Waals surface area contributed by atoms with Gasteiger partial charge in [-0.05, 0) is 18.2 Å². The van der Waals surface area contributed by atoms with E-state index in [2.05, 4.69) is 4.98 Å². The van der Waals surface area contributed by atoms with E-state index in [0.717, 1.165) is 11.3 Å². The molecule has 0 bridgehead atoms. The molecule has 19 heavy (non-hydrogen) atoms. The van der Waals surface area contributed by atoms with Crippen molar-refractivity contribution < 1.29 is 9.47 Å². The number of nitrogens with two attached hydrogens (primary N) is 2. The quantitative estimate of drug-likeness (QED) is 0.851. The predicted octanol–water partition coefficient (Wildman–Crippen LogP) is 1.50. The van der Waals surface area contributed by atoms with Gasteiger partial charge >= 0.3 is 0 Å². The van der Waals surface area contributed by atoms with Crippen LogP contribution in [0.4, 0.5) is 5.69 Å². The van der Waals surface area contributed by atoms with Crippen LogP contribution in [0.3, 0.4) is 0 Å². The normalized spacial score (nSPS) is 18.9. The zero-order valence-electron chi connectivity index (χ0n) is 10.3. The SMILES string of the molecule is Nc1ccncc1C(N)C1COc2ccccc2O1. The number of para-hydroxylation sites is 2. The topological polar surface area (TPSA) is 83.4 Å². The van der Waals surface area contributed by atoms with Crippen LogP contribution >= 0.6 is 0 Å². The molecular formula is C14H15N3O2. The summed E-state index contributed by atoms with van der Waals surface area (Å²) < 4.78 is 11.5. The molecule has 1 aromatic carbocycles. The van der Waals surface area contributed by atoms with E-state index < -0.39 is 0 Å². The molecule has 0 fully saturated rings. The Morgan fingerprint density at radius 3 is 2.79 bits per heavy atom. The Labute approximate surface area is 111 Å². The Morgan fingerprint density at radius 2 is 2.00 bits per heavy atom. The number of benzene rings is 1. The van der Waals surface area contributed by atoms with Crippen molar-refractivity contribution >= 4 is 5.69 Å². The van der Waals surface area contributed by atoms with Gasteiger partial charge in [-0.1, -0.05) is 12.1 Å². The molecule has 0 radical (unpaired) electrons. The second kappa shape index (κ2) is 4.78. The highest BCUT2D eigenvalue weighted by atomic mass is 16.6. The van der Waals surface area contributed by atoms with Crippen molar-refractivity contribution in [3.05, 3.63) is 48.3 Å². The van der Waals surface area contributed by atoms with Gasteiger partial charge < -0.3 is 20.9 Å². The number of nitrogen functional groups attached to an aromatic ring is 1. The summed E-state index contributed by atoms with van der Waals surface area (Å²) >= 11 is 0. The van der Waals surface area contributed by atoms with Crippen LogP contribution in [0, 0.1) is 0 Å². The molecule has 1 aromatic heterocycles. The Bertz CT molecular complexity index is 588. The van der Waals surface area contributed by atoms with E-state index >= 15 is 0 Å². The Balaban J connectivity index is 1.83. The summed E-state index contributed by atoms with van der Waals surface area (Å²) in [5, 5.41) is 0. The lowest BCUT2D eigenvalue weighted by Crippen LogP contribution is -2.39. The lowest BCUT2D eigenvalue weighted by atomic mass is 10.0. The van der Waals surface area contributed by atoms with Gasteiger partial charge in [0.1, 0.15) is 6.61 Å². The molecule has 5 nitrogen and oxygen atoms in total. The second-order valence-corrected chi connectivity index (χ2v) is 4.44. The molecule has 0 saturated carbocycles. The number of nitrogens with zero attached hydrogens (tertiary/aromatic N) is 1. The molecule has 0 spiro atoms. The molecule has 0 amide bonds. The van der Waals surface area contributed by atoms with Gasteiger partial charge in [-0.2, -0.15) is 0 Å². The van der Waals surface area contributed by atoms with Gasteiger partial charge in [0.2, 0.25) is 0 Å². The summed E-state index contributed by atoms with van der Waals surface area (Å²) in [5.41, 5.74) is 13.5. The third kappa shape index (κ3) is 2.20. The van der Waals surface area contributed by atoms with Crippen molar-refractivity contribution in [2.45, 2.75) is 12.1 Å². The molecule has 1 aliphatic heterocycles. The molecule has 0 saturated heterocycles. The maximum absolute atomic E-state index is 6.20. The maximum Gasteiger partial charge on any atom is 0.161 e. The average molecular weight is 257 g/mol. The van der Waals surface area contributed by atoms with Crippen LogP contribution in [0.15, 0.2) is 42.7 Å². The minimum atomic E-state index is -0.373. The lowest BCUT2D eigenvalue weighted by Gasteiger charge is -2.30. The minimum Gasteiger partial charge on any atom is -0.486 e. The number of hydrogen-bond donors (Lipinski definition) is 2. The Morgan fingerprint density at radius 1 is 1.21 bits per heavy atom. The van der Waals surface area contributed by atoms with E-state index in [1.807, 2.05) is 24.3 Å². The van der Waals surface area contributed by atoms with Crippen molar-refractivity contribution in [3.63, 3.8) is 0 Å². The lowest BCUT2D eigenvalue weighted by molar-refractivity contribution is 0.0722. The van der Waals surface area contributed by atoms with Gasteiger partial charge in [-0.3, -0.25) is 4.98 Å². The van der Waals surface area contributed by atoms with Gasteiger partial charge in [0.25, 0.3) is 0 Å². The summed E-state index contributed by atoms with van der Waals surface area (Å²) in [5.74, 6) is 1.45. The molecule has 2 atom stereocenters. The van der Waals surface area contributed by atoms with E-state index in [1.165, 1.54) is 0 Å². The number of ether oxygens (including phenoxy) is 2. The van der Waals surface area contributed by atoms with Gasteiger partial charge in [0, 0.05) is 23.6 Å². The van der Waals surface area contributed by atoms with Crippen LogP contribution in [0.5, 0.6) is 11.5 Å². The first-order valence-electron chi connectivity index (χ1n) is 6.09. The van der Waals surface area contributed by atoms with Gasteiger partial charge in [-0.25, -0.2) is 0 Å². The fourth-order valence-electron chi connectivity index (χ4n) is 2.11. The van der Waals surface area contributed by atoms with Crippen molar-refractivity contribution in [1.82, 2.24) is 4.98 Å². The highest BCUT2D eigenvalue weighted by Crippen LogP contribution is 2.34. The number of fused-ring (bicyclic) bond motifs is 1. The largest absolute Gasteiger partial charge is 0.486 e. The third-order valence-electron chi connectivity index (χ3n) is 3.18. The van der Waals surface area contributed by atoms with Crippen molar-refractivity contribution in [3.8, 4) is 11.5 Å². The summed E-state index contributed by atoms with van der Waals surface area (Å²) in [6, 6.07) is 8.89. The summed E-state index contributed by atoms with van der Waals surface area (Å²) in [6.45, 7) is 0.395. The van der Waals surface area contributed by atoms with E-state index in [0.29, 0.717) is 18.0 Å². The molecule has 3 rings (SSSR count). The minimum absolute atomic E-state index is 0.276. The molecule has 5 heteroatoms. The molecule has 2 aromatic rings. The van der Waals surface area contributed by atoms with E-state index in [-0.39, 0.29) is 12.1 Å². The van der Waals surface area contributed by atoms with Gasteiger partial charge in [-0.15, -0.1) is 0 Å². The van der Waals surface area contributed by atoms with Gasteiger partial charge in [0.05, 0.1) is 6.04 Å². The number of hydrogen-bond acceptors (Lipinski definition) is 5. The molecular weight excluding hydrogens is 242 g/mol. The highest BCUT2D eigenvalue weighted by Gasteiger charge is 2.28.